The molecule has 82 valence electrons. The molecule has 1 rings (SSSR count). The lowest BCUT2D eigenvalue weighted by molar-refractivity contribution is -0.304. The zero-order chi connectivity index (χ0) is 11.3. The molecule has 1 aromatic rings. The van der Waals surface area contributed by atoms with Crippen LogP contribution in [0.1, 0.15) is 23.2 Å². The number of rotatable bonds is 5. The minimum absolute atomic E-state index is 0.193. The van der Waals surface area contributed by atoms with E-state index in [0.29, 0.717) is 6.42 Å². The third kappa shape index (κ3) is 4.34. The molecule has 0 unspecified atom stereocenters. The van der Waals surface area contributed by atoms with Gasteiger partial charge < -0.3 is 9.90 Å². The Hall–Kier alpha value is -0.350. The lowest BCUT2D eigenvalue weighted by Crippen LogP contribution is -2.31. The van der Waals surface area contributed by atoms with E-state index in [-0.39, 0.29) is 4.83 Å². The predicted octanol–water partition coefficient (Wildman–Crippen LogP) is 2.42. The molecule has 0 aliphatic heterocycles. The molecule has 2 atom stereocenters. The number of hydrogen-bond acceptors (Lipinski definition) is 2. The summed E-state index contributed by atoms with van der Waals surface area (Å²) in [6, 6.07) is 9.92. The largest absolute Gasteiger partial charge is 0.549 e. The topological polar surface area (TPSA) is 40.1 Å². The monoisotopic (exact) mass is 333 g/mol. The number of aliphatic carboxylic acids is 1. The van der Waals surface area contributed by atoms with Gasteiger partial charge in [-0.25, -0.2) is 0 Å². The van der Waals surface area contributed by atoms with Gasteiger partial charge in [0.15, 0.2) is 0 Å². The van der Waals surface area contributed by atoms with Crippen LogP contribution in [-0.4, -0.2) is 10.8 Å². The number of carbonyl (C=O) groups is 1. The minimum Gasteiger partial charge on any atom is -0.549 e. The zero-order valence-corrected chi connectivity index (χ0v) is 11.2. The van der Waals surface area contributed by atoms with Crippen molar-refractivity contribution < 1.29 is 9.90 Å². The number of halogens is 2. The van der Waals surface area contributed by atoms with Gasteiger partial charge >= 0.3 is 0 Å². The number of alkyl halides is 2. The molecule has 0 heterocycles. The smallest absolute Gasteiger partial charge is 0.0551 e. The number of carboxylic acids is 1. The Balaban J connectivity index is 2.43. The van der Waals surface area contributed by atoms with Crippen molar-refractivity contribution in [3.8, 4) is 0 Å². The normalized spacial score (nSPS) is 14.5. The van der Waals surface area contributed by atoms with Crippen LogP contribution >= 0.6 is 31.9 Å². The Morgan fingerprint density at radius 2 is 1.80 bits per heavy atom. The summed E-state index contributed by atoms with van der Waals surface area (Å²) >= 11 is 6.59. The van der Waals surface area contributed by atoms with E-state index in [4.69, 9.17) is 0 Å². The number of hydrogen-bond donors (Lipinski definition) is 0. The maximum absolute atomic E-state index is 10.5. The van der Waals surface area contributed by atoms with Crippen LogP contribution in [0.2, 0.25) is 0 Å². The molecule has 0 bridgehead atoms. The maximum Gasteiger partial charge on any atom is 0.0551 e. The molecular weight excluding hydrogens is 324 g/mol. The van der Waals surface area contributed by atoms with Crippen LogP contribution < -0.4 is 5.11 Å². The predicted molar refractivity (Wildman–Crippen MR) is 65.1 cm³/mol. The third-order valence-corrected chi connectivity index (χ3v) is 3.91. The van der Waals surface area contributed by atoms with E-state index in [9.17, 15) is 9.90 Å². The summed E-state index contributed by atoms with van der Waals surface area (Å²) in [5, 5.41) is 10.5. The molecule has 0 aromatic heterocycles. The molecule has 0 aliphatic rings. The summed E-state index contributed by atoms with van der Waals surface area (Å²) in [5.74, 6) is -1.05. The van der Waals surface area contributed by atoms with Gasteiger partial charge in [-0.2, -0.15) is 0 Å². The molecule has 1 aromatic carbocycles. The van der Waals surface area contributed by atoms with Crippen molar-refractivity contribution in [3.63, 3.8) is 0 Å². The molecule has 4 heteroatoms. The van der Waals surface area contributed by atoms with Crippen molar-refractivity contribution in [2.75, 3.05) is 0 Å². The highest BCUT2D eigenvalue weighted by molar-refractivity contribution is 9.10. The third-order valence-electron chi connectivity index (χ3n) is 2.09. The summed E-state index contributed by atoms with van der Waals surface area (Å²) in [5.41, 5.74) is 1.16. The van der Waals surface area contributed by atoms with E-state index in [1.54, 1.807) is 0 Å². The van der Waals surface area contributed by atoms with E-state index in [2.05, 4.69) is 31.9 Å². The maximum atomic E-state index is 10.5. The van der Waals surface area contributed by atoms with Crippen molar-refractivity contribution in [1.82, 2.24) is 0 Å². The highest BCUT2D eigenvalue weighted by atomic mass is 79.9. The highest BCUT2D eigenvalue weighted by Gasteiger charge is 2.11. The summed E-state index contributed by atoms with van der Waals surface area (Å²) in [6.07, 6.45) is 1.31. The molecule has 2 nitrogen and oxygen atoms in total. The first-order chi connectivity index (χ1) is 7.11. The van der Waals surface area contributed by atoms with Crippen molar-refractivity contribution in [2.45, 2.75) is 22.5 Å². The highest BCUT2D eigenvalue weighted by Crippen LogP contribution is 2.28. The SMILES string of the molecule is O=C([O-])[C@@H](Br)CC[C@H](Br)c1ccccc1. The zero-order valence-electron chi connectivity index (χ0n) is 8.03. The Kier molecular flexibility index (Phi) is 5.32. The van der Waals surface area contributed by atoms with Gasteiger partial charge in [0.25, 0.3) is 0 Å². The van der Waals surface area contributed by atoms with Crippen LogP contribution in [0, 0.1) is 0 Å². The first-order valence-corrected chi connectivity index (χ1v) is 6.48. The van der Waals surface area contributed by atoms with Crippen LogP contribution in [0.25, 0.3) is 0 Å². The van der Waals surface area contributed by atoms with Crippen LogP contribution in [0.5, 0.6) is 0 Å². The second-order valence-corrected chi connectivity index (χ2v) is 5.45. The van der Waals surface area contributed by atoms with Crippen LogP contribution in [-0.2, 0) is 4.79 Å². The molecule has 15 heavy (non-hydrogen) atoms. The average molecular weight is 335 g/mol. The van der Waals surface area contributed by atoms with E-state index in [0.717, 1.165) is 12.0 Å². The van der Waals surface area contributed by atoms with E-state index in [1.807, 2.05) is 30.3 Å². The van der Waals surface area contributed by atoms with E-state index in [1.165, 1.54) is 0 Å². The standard InChI is InChI=1S/C11H12Br2O2/c12-9(6-7-10(13)11(14)15)8-4-2-1-3-5-8/h1-5,9-10H,6-7H2,(H,14,15)/p-1/t9-,10-/m0/s1. The molecule has 0 saturated heterocycles. The molecule has 0 fully saturated rings. The van der Waals surface area contributed by atoms with E-state index < -0.39 is 10.8 Å². The van der Waals surface area contributed by atoms with Gasteiger partial charge in [0.2, 0.25) is 0 Å². The van der Waals surface area contributed by atoms with Crippen molar-refractivity contribution in [1.29, 1.82) is 0 Å². The fraction of sp³-hybridized carbons (Fsp3) is 0.364. The van der Waals surface area contributed by atoms with Crippen molar-refractivity contribution in [2.24, 2.45) is 0 Å². The first kappa shape index (κ1) is 12.7. The number of carbonyl (C=O) groups excluding carboxylic acids is 1. The van der Waals surface area contributed by atoms with Gasteiger partial charge in [-0.05, 0) is 18.4 Å². The molecule has 0 aliphatic carbocycles. The van der Waals surface area contributed by atoms with Gasteiger partial charge in [-0.3, -0.25) is 0 Å². The number of benzene rings is 1. The van der Waals surface area contributed by atoms with Gasteiger partial charge in [0.05, 0.1) is 10.8 Å². The summed E-state index contributed by atoms with van der Waals surface area (Å²) < 4.78 is 0. The summed E-state index contributed by atoms with van der Waals surface area (Å²) in [6.45, 7) is 0. The summed E-state index contributed by atoms with van der Waals surface area (Å²) in [4.78, 5) is 10.1. The molecule has 0 N–H and O–H groups in total. The Morgan fingerprint density at radius 3 is 2.33 bits per heavy atom. The first-order valence-electron chi connectivity index (χ1n) is 4.65. The Bertz CT molecular complexity index is 314. The molecule has 0 radical (unpaired) electrons. The van der Waals surface area contributed by atoms with Gasteiger partial charge in [0, 0.05) is 4.83 Å². The second kappa shape index (κ2) is 6.28. The Morgan fingerprint density at radius 1 is 1.20 bits per heavy atom. The molecule has 0 spiro atoms. The van der Waals surface area contributed by atoms with Crippen molar-refractivity contribution >= 4 is 37.8 Å². The second-order valence-electron chi connectivity index (χ2n) is 3.24. The average Bonchev–Trinajstić information content (AvgIpc) is 2.26. The van der Waals surface area contributed by atoms with Gasteiger partial charge in [-0.15, -0.1) is 0 Å². The van der Waals surface area contributed by atoms with Crippen LogP contribution in [0.4, 0.5) is 0 Å². The fourth-order valence-corrected chi connectivity index (χ4v) is 2.07. The van der Waals surface area contributed by atoms with Gasteiger partial charge in [0.1, 0.15) is 0 Å². The lowest BCUT2D eigenvalue weighted by Gasteiger charge is -2.14. The Labute approximate surface area is 106 Å². The lowest BCUT2D eigenvalue weighted by atomic mass is 10.1. The quantitative estimate of drug-likeness (QED) is 0.776. The number of carboxylic acid groups (broad SMARTS) is 1. The van der Waals surface area contributed by atoms with E-state index >= 15 is 0 Å². The van der Waals surface area contributed by atoms with Crippen molar-refractivity contribution in [3.05, 3.63) is 35.9 Å². The fourth-order valence-electron chi connectivity index (χ4n) is 1.24. The van der Waals surface area contributed by atoms with Gasteiger partial charge in [-0.1, -0.05) is 62.2 Å². The molecule has 0 saturated carbocycles. The molecule has 0 amide bonds. The van der Waals surface area contributed by atoms with Crippen LogP contribution in [0.3, 0.4) is 0 Å². The summed E-state index contributed by atoms with van der Waals surface area (Å²) in [7, 11) is 0. The minimum atomic E-state index is -1.05. The van der Waals surface area contributed by atoms with Crippen LogP contribution in [0.15, 0.2) is 30.3 Å². The molecular formula is C11H11Br2O2-.